The number of pyridine rings is 1. The molecule has 2 aromatic carbocycles. The Morgan fingerprint density at radius 1 is 1.07 bits per heavy atom. The molecule has 30 heavy (non-hydrogen) atoms. The highest BCUT2D eigenvalue weighted by Gasteiger charge is 2.11. The molecule has 1 N–H and O–H groups in total. The number of non-ortho nitro benzene ring substituents is 1. The second-order valence-electron chi connectivity index (χ2n) is 6.39. The predicted octanol–water partition coefficient (Wildman–Crippen LogP) is 3.46. The number of nitrogens with zero attached hydrogens (tertiary/aromatic N) is 2. The van der Waals surface area contributed by atoms with Gasteiger partial charge in [-0.15, -0.1) is 0 Å². The van der Waals surface area contributed by atoms with E-state index in [0.717, 1.165) is 11.1 Å². The van der Waals surface area contributed by atoms with Gasteiger partial charge in [0.2, 0.25) is 0 Å². The maximum absolute atomic E-state index is 12.3. The molecule has 0 saturated carbocycles. The van der Waals surface area contributed by atoms with Crippen molar-refractivity contribution in [1.29, 1.82) is 0 Å². The van der Waals surface area contributed by atoms with Crippen LogP contribution in [0.5, 0.6) is 5.75 Å². The van der Waals surface area contributed by atoms with E-state index in [2.05, 4.69) is 10.1 Å². The number of carbonyl (C=O) groups excluding carboxylic acids is 1. The van der Waals surface area contributed by atoms with Crippen molar-refractivity contribution in [3.8, 4) is 5.75 Å². The highest BCUT2D eigenvalue weighted by atomic mass is 19.3. The topological polar surface area (TPSA) is 85.4 Å². The van der Waals surface area contributed by atoms with Crippen LogP contribution in [0.25, 0.3) is 0 Å². The van der Waals surface area contributed by atoms with Crippen molar-refractivity contribution in [2.24, 2.45) is 0 Å². The van der Waals surface area contributed by atoms with Gasteiger partial charge in [-0.1, -0.05) is 0 Å². The molecule has 0 spiro atoms. The lowest BCUT2D eigenvalue weighted by atomic mass is 10.2. The Labute approximate surface area is 170 Å². The fourth-order valence-electron chi connectivity index (χ4n) is 2.79. The van der Waals surface area contributed by atoms with Gasteiger partial charge in [0.05, 0.1) is 4.92 Å². The maximum atomic E-state index is 12.3. The van der Waals surface area contributed by atoms with Crippen LogP contribution >= 0.6 is 0 Å². The van der Waals surface area contributed by atoms with Crippen molar-refractivity contribution >= 4 is 11.6 Å². The first-order chi connectivity index (χ1) is 14.4. The zero-order valence-corrected chi connectivity index (χ0v) is 15.7. The summed E-state index contributed by atoms with van der Waals surface area (Å²) >= 11 is 0. The lowest BCUT2D eigenvalue weighted by Crippen LogP contribution is -2.34. The highest BCUT2D eigenvalue weighted by molar-refractivity contribution is 5.94. The Morgan fingerprint density at radius 3 is 2.40 bits per heavy atom. The van der Waals surface area contributed by atoms with Gasteiger partial charge in [-0.2, -0.15) is 8.78 Å². The molecule has 0 unspecified atom stereocenters. The quantitative estimate of drug-likeness (QED) is 0.348. The average Bonchev–Trinajstić information content (AvgIpc) is 2.73. The maximum Gasteiger partial charge on any atom is 0.387 e. The minimum atomic E-state index is -2.92. The molecule has 0 aliphatic carbocycles. The summed E-state index contributed by atoms with van der Waals surface area (Å²) in [7, 11) is 0. The van der Waals surface area contributed by atoms with Crippen molar-refractivity contribution < 1.29 is 27.8 Å². The standard InChI is InChI=1S/C21H17F2N3O4/c22-21(23)30-19-9-5-17(6-10-19)20(27)24-12-16-2-1-11-25(14-16)13-15-3-7-18(8-4-15)26(28)29/h1-11,14,21H,12-13H2/p+1. The number of aromatic nitrogens is 1. The van der Waals surface area contributed by atoms with Gasteiger partial charge in [-0.3, -0.25) is 14.9 Å². The summed E-state index contributed by atoms with van der Waals surface area (Å²) in [4.78, 5) is 22.5. The molecule has 0 bridgehead atoms. The molecule has 1 amide bonds. The number of hydrogen-bond donors (Lipinski definition) is 1. The summed E-state index contributed by atoms with van der Waals surface area (Å²) in [6.07, 6.45) is 3.72. The predicted molar refractivity (Wildman–Crippen MR) is 103 cm³/mol. The van der Waals surface area contributed by atoms with Crippen LogP contribution in [-0.4, -0.2) is 17.4 Å². The molecule has 1 aromatic heterocycles. The number of hydrogen-bond acceptors (Lipinski definition) is 4. The molecular formula is C21H18F2N3O4+. The Balaban J connectivity index is 1.58. The lowest BCUT2D eigenvalue weighted by molar-refractivity contribution is -0.688. The average molecular weight is 414 g/mol. The first-order valence-electron chi connectivity index (χ1n) is 8.95. The van der Waals surface area contributed by atoms with Crippen molar-refractivity contribution in [2.75, 3.05) is 0 Å². The van der Waals surface area contributed by atoms with Crippen molar-refractivity contribution in [3.63, 3.8) is 0 Å². The van der Waals surface area contributed by atoms with Crippen LogP contribution < -0.4 is 14.6 Å². The Kier molecular flexibility index (Phi) is 6.63. The van der Waals surface area contributed by atoms with E-state index >= 15 is 0 Å². The molecule has 9 heteroatoms. The number of ether oxygens (including phenoxy) is 1. The summed E-state index contributed by atoms with van der Waals surface area (Å²) in [5.41, 5.74) is 2.11. The third-order valence-corrected chi connectivity index (χ3v) is 4.23. The lowest BCUT2D eigenvalue weighted by Gasteiger charge is -2.07. The van der Waals surface area contributed by atoms with Crippen LogP contribution in [0.1, 0.15) is 21.5 Å². The fourth-order valence-corrected chi connectivity index (χ4v) is 2.79. The van der Waals surface area contributed by atoms with Crippen LogP contribution in [0.3, 0.4) is 0 Å². The van der Waals surface area contributed by atoms with Crippen LogP contribution in [-0.2, 0) is 13.1 Å². The molecule has 154 valence electrons. The Hall–Kier alpha value is -3.88. The summed E-state index contributed by atoms with van der Waals surface area (Å²) < 4.78 is 30.5. The second kappa shape index (κ2) is 9.55. The minimum Gasteiger partial charge on any atom is -0.435 e. The van der Waals surface area contributed by atoms with E-state index in [-0.39, 0.29) is 23.9 Å². The molecule has 0 radical (unpaired) electrons. The van der Waals surface area contributed by atoms with Gasteiger partial charge in [-0.05, 0) is 42.5 Å². The highest BCUT2D eigenvalue weighted by Crippen LogP contribution is 2.15. The van der Waals surface area contributed by atoms with Crippen LogP contribution in [0.4, 0.5) is 14.5 Å². The van der Waals surface area contributed by atoms with E-state index in [1.54, 1.807) is 12.1 Å². The molecule has 0 aliphatic heterocycles. The van der Waals surface area contributed by atoms with Gasteiger partial charge >= 0.3 is 6.61 Å². The number of nitro benzene ring substituents is 1. The SMILES string of the molecule is O=C(NCc1ccc[n+](Cc2ccc([N+](=O)[O-])cc2)c1)c1ccc(OC(F)F)cc1. The molecule has 3 aromatic rings. The van der Waals surface area contributed by atoms with E-state index in [0.29, 0.717) is 12.1 Å². The zero-order chi connectivity index (χ0) is 21.5. The van der Waals surface area contributed by atoms with Crippen LogP contribution in [0.15, 0.2) is 73.1 Å². The van der Waals surface area contributed by atoms with Crippen LogP contribution in [0, 0.1) is 10.1 Å². The summed E-state index contributed by atoms with van der Waals surface area (Å²) in [6, 6.07) is 15.4. The summed E-state index contributed by atoms with van der Waals surface area (Å²) in [6.45, 7) is -2.12. The van der Waals surface area contributed by atoms with Crippen molar-refractivity contribution in [1.82, 2.24) is 5.32 Å². The zero-order valence-electron chi connectivity index (χ0n) is 15.7. The third kappa shape index (κ3) is 5.81. The van der Waals surface area contributed by atoms with Gasteiger partial charge in [-0.25, -0.2) is 4.57 Å². The van der Waals surface area contributed by atoms with Gasteiger partial charge in [0.25, 0.3) is 11.6 Å². The molecule has 7 nitrogen and oxygen atoms in total. The van der Waals surface area contributed by atoms with E-state index in [1.165, 1.54) is 36.4 Å². The number of nitro groups is 1. The van der Waals surface area contributed by atoms with Crippen LogP contribution in [0.2, 0.25) is 0 Å². The van der Waals surface area contributed by atoms with E-state index in [4.69, 9.17) is 0 Å². The number of nitrogens with one attached hydrogen (secondary N) is 1. The number of amides is 1. The normalized spacial score (nSPS) is 10.6. The van der Waals surface area contributed by atoms with E-state index < -0.39 is 11.5 Å². The molecule has 0 saturated heterocycles. The minimum absolute atomic E-state index is 0.0168. The van der Waals surface area contributed by atoms with E-state index in [9.17, 15) is 23.7 Å². The first-order valence-corrected chi connectivity index (χ1v) is 8.95. The number of carbonyl (C=O) groups is 1. The summed E-state index contributed by atoms with van der Waals surface area (Å²) in [5, 5.41) is 13.5. The smallest absolute Gasteiger partial charge is 0.387 e. The Bertz CT molecular complexity index is 1030. The third-order valence-electron chi connectivity index (χ3n) is 4.23. The van der Waals surface area contributed by atoms with Crippen molar-refractivity contribution in [3.05, 3.63) is 99.9 Å². The Morgan fingerprint density at radius 2 is 1.77 bits per heavy atom. The summed E-state index contributed by atoms with van der Waals surface area (Å²) in [5.74, 6) is -0.360. The van der Waals surface area contributed by atoms with Gasteiger partial charge in [0, 0.05) is 41.4 Å². The van der Waals surface area contributed by atoms with Crippen molar-refractivity contribution in [2.45, 2.75) is 19.7 Å². The second-order valence-corrected chi connectivity index (χ2v) is 6.39. The first kappa shape index (κ1) is 20.8. The number of alkyl halides is 2. The number of rotatable bonds is 8. The van der Waals surface area contributed by atoms with Gasteiger partial charge in [0.1, 0.15) is 5.75 Å². The van der Waals surface area contributed by atoms with Gasteiger partial charge < -0.3 is 10.1 Å². The molecule has 0 fully saturated rings. The molecular weight excluding hydrogens is 396 g/mol. The number of halogens is 2. The fraction of sp³-hybridized carbons (Fsp3) is 0.143. The largest absolute Gasteiger partial charge is 0.435 e. The van der Waals surface area contributed by atoms with Gasteiger partial charge in [0.15, 0.2) is 18.9 Å². The molecule has 0 atom stereocenters. The van der Waals surface area contributed by atoms with E-state index in [1.807, 2.05) is 29.1 Å². The molecule has 1 heterocycles. The monoisotopic (exact) mass is 414 g/mol. The number of benzene rings is 2. The molecule has 0 aliphatic rings. The molecule has 3 rings (SSSR count).